The van der Waals surface area contributed by atoms with Crippen molar-refractivity contribution in [2.24, 2.45) is 5.10 Å². The van der Waals surface area contributed by atoms with Crippen molar-refractivity contribution >= 4 is 72.2 Å². The highest BCUT2D eigenvalue weighted by Crippen LogP contribution is 2.42. The number of aromatic nitrogens is 2. The van der Waals surface area contributed by atoms with E-state index in [-0.39, 0.29) is 27.8 Å². The van der Waals surface area contributed by atoms with Gasteiger partial charge in [-0.3, -0.25) is 9.59 Å². The molecule has 0 unspecified atom stereocenters. The predicted octanol–water partition coefficient (Wildman–Crippen LogP) is 6.92. The maximum Gasteiger partial charge on any atom is 0.282 e. The number of hydrogen-bond acceptors (Lipinski definition) is 6. The molecule has 1 N–H and O–H groups in total. The Bertz CT molecular complexity index is 1700. The normalized spacial score (nSPS) is 11.7. The van der Waals surface area contributed by atoms with E-state index < -0.39 is 23.7 Å². The molecule has 0 bridgehead atoms. The van der Waals surface area contributed by atoms with Crippen LogP contribution in [0.3, 0.4) is 0 Å². The molecule has 0 aliphatic heterocycles. The summed E-state index contributed by atoms with van der Waals surface area (Å²) in [6.07, 6.45) is 1.45. The molecule has 0 aliphatic carbocycles. The van der Waals surface area contributed by atoms with Crippen LogP contribution < -0.4 is 20.3 Å². The van der Waals surface area contributed by atoms with E-state index in [1.165, 1.54) is 36.2 Å². The maximum atomic E-state index is 13.9. The molecule has 1 heterocycles. The average Bonchev–Trinajstić information content (AvgIpc) is 2.90. The number of nitrogens with zero attached hydrogens (tertiary/aromatic N) is 3. The highest BCUT2D eigenvalue weighted by atomic mass is 79.9. The number of amides is 1. The summed E-state index contributed by atoms with van der Waals surface area (Å²) in [5.74, 6) is -0.368. The standard InChI is InChI=1S/C28H24Br2ClFN4O4/c1-28(2,3)27-35-19-10-9-16(29)12-17(19)26(38)36(27)33-13-15-11-21(39-4)25(24(31)23(15)30)40-14-22(37)34-20-8-6-5-7-18(20)32/h5-13H,14H2,1-4H3,(H,34,37). The smallest absolute Gasteiger partial charge is 0.282 e. The summed E-state index contributed by atoms with van der Waals surface area (Å²) in [5.41, 5.74) is 0.248. The number of anilines is 1. The van der Waals surface area contributed by atoms with E-state index in [2.05, 4.69) is 42.3 Å². The van der Waals surface area contributed by atoms with Crippen LogP contribution in [0.25, 0.3) is 10.9 Å². The molecule has 0 saturated heterocycles. The van der Waals surface area contributed by atoms with Crippen molar-refractivity contribution in [1.82, 2.24) is 9.66 Å². The maximum absolute atomic E-state index is 13.9. The van der Waals surface area contributed by atoms with Gasteiger partial charge in [-0.2, -0.15) is 9.78 Å². The van der Waals surface area contributed by atoms with Crippen molar-refractivity contribution in [2.45, 2.75) is 26.2 Å². The van der Waals surface area contributed by atoms with Crippen molar-refractivity contribution in [2.75, 3.05) is 19.0 Å². The predicted molar refractivity (Wildman–Crippen MR) is 162 cm³/mol. The summed E-state index contributed by atoms with van der Waals surface area (Å²) in [6, 6.07) is 12.7. The Hall–Kier alpha value is -3.28. The fourth-order valence-electron chi connectivity index (χ4n) is 3.73. The lowest BCUT2D eigenvalue weighted by Crippen LogP contribution is -2.29. The van der Waals surface area contributed by atoms with Crippen LogP contribution in [0.5, 0.6) is 11.5 Å². The first-order chi connectivity index (χ1) is 18.9. The molecular formula is C28H24Br2ClFN4O4. The van der Waals surface area contributed by atoms with Crippen LogP contribution in [0.1, 0.15) is 32.2 Å². The number of carbonyl (C=O) groups excluding carboxylic acids is 1. The Morgan fingerprint density at radius 1 is 1.20 bits per heavy atom. The van der Waals surface area contributed by atoms with E-state index in [1.54, 1.807) is 24.3 Å². The third-order valence-corrected chi connectivity index (χ3v) is 7.60. The van der Waals surface area contributed by atoms with Crippen LogP contribution in [0.2, 0.25) is 5.02 Å². The van der Waals surface area contributed by atoms with Crippen molar-refractivity contribution < 1.29 is 18.7 Å². The Balaban J connectivity index is 1.67. The van der Waals surface area contributed by atoms with Gasteiger partial charge in [-0.1, -0.05) is 60.4 Å². The van der Waals surface area contributed by atoms with E-state index in [4.69, 9.17) is 26.1 Å². The van der Waals surface area contributed by atoms with Crippen molar-refractivity contribution in [1.29, 1.82) is 0 Å². The van der Waals surface area contributed by atoms with Gasteiger partial charge in [-0.15, -0.1) is 0 Å². The molecule has 0 atom stereocenters. The summed E-state index contributed by atoms with van der Waals surface area (Å²) in [6.45, 7) is 5.37. The van der Waals surface area contributed by atoms with E-state index in [9.17, 15) is 14.0 Å². The number of para-hydroxylation sites is 1. The van der Waals surface area contributed by atoms with E-state index >= 15 is 0 Å². The minimum Gasteiger partial charge on any atom is -0.493 e. The van der Waals surface area contributed by atoms with Gasteiger partial charge >= 0.3 is 0 Å². The fraction of sp³-hybridized carbons (Fsp3) is 0.214. The van der Waals surface area contributed by atoms with Gasteiger partial charge in [0.2, 0.25) is 0 Å². The zero-order valence-electron chi connectivity index (χ0n) is 21.9. The van der Waals surface area contributed by atoms with Gasteiger partial charge in [0, 0.05) is 19.9 Å². The number of nitrogens with one attached hydrogen (secondary N) is 1. The zero-order chi connectivity index (χ0) is 29.2. The zero-order valence-corrected chi connectivity index (χ0v) is 25.8. The number of methoxy groups -OCH3 is 1. The first-order valence-electron chi connectivity index (χ1n) is 11.9. The molecule has 4 rings (SSSR count). The average molecular weight is 695 g/mol. The molecule has 0 fully saturated rings. The Morgan fingerprint density at radius 3 is 2.60 bits per heavy atom. The summed E-state index contributed by atoms with van der Waals surface area (Å²) in [7, 11) is 1.42. The van der Waals surface area contributed by atoms with Crippen molar-refractivity contribution in [3.05, 3.63) is 90.1 Å². The number of benzene rings is 3. The molecule has 40 heavy (non-hydrogen) atoms. The monoisotopic (exact) mass is 692 g/mol. The van der Waals surface area contributed by atoms with Gasteiger partial charge in [0.15, 0.2) is 18.1 Å². The lowest BCUT2D eigenvalue weighted by molar-refractivity contribution is -0.118. The third-order valence-electron chi connectivity index (χ3n) is 5.66. The molecule has 8 nitrogen and oxygen atoms in total. The van der Waals surface area contributed by atoms with Crippen molar-refractivity contribution in [3.8, 4) is 11.5 Å². The molecule has 0 aliphatic rings. The van der Waals surface area contributed by atoms with Gasteiger partial charge in [-0.25, -0.2) is 9.37 Å². The lowest BCUT2D eigenvalue weighted by Gasteiger charge is -2.21. The Morgan fingerprint density at radius 2 is 1.93 bits per heavy atom. The van der Waals surface area contributed by atoms with E-state index in [1.807, 2.05) is 26.8 Å². The van der Waals surface area contributed by atoms with Crippen LogP contribution in [0.4, 0.5) is 10.1 Å². The number of ether oxygens (including phenoxy) is 2. The first kappa shape index (κ1) is 29.7. The molecule has 0 radical (unpaired) electrons. The quantitative estimate of drug-likeness (QED) is 0.212. The Labute approximate surface area is 251 Å². The Kier molecular flexibility index (Phi) is 8.96. The van der Waals surface area contributed by atoms with E-state index in [0.717, 1.165) is 4.47 Å². The highest BCUT2D eigenvalue weighted by Gasteiger charge is 2.23. The number of fused-ring (bicyclic) bond motifs is 1. The van der Waals surface area contributed by atoms with Crippen LogP contribution >= 0.6 is 43.5 Å². The molecule has 0 saturated carbocycles. The molecule has 4 aromatic rings. The topological polar surface area (TPSA) is 94.8 Å². The number of halogens is 4. The minimum atomic E-state index is -0.588. The van der Waals surface area contributed by atoms with Crippen LogP contribution in [-0.2, 0) is 10.2 Å². The lowest BCUT2D eigenvalue weighted by atomic mass is 9.95. The first-order valence-corrected chi connectivity index (χ1v) is 13.9. The third kappa shape index (κ3) is 6.37. The summed E-state index contributed by atoms with van der Waals surface area (Å²) in [5, 5.41) is 7.44. The largest absolute Gasteiger partial charge is 0.493 e. The number of hydrogen-bond donors (Lipinski definition) is 1. The fourth-order valence-corrected chi connectivity index (χ4v) is 4.75. The summed E-state index contributed by atoms with van der Waals surface area (Å²) in [4.78, 5) is 30.5. The molecule has 1 aromatic heterocycles. The van der Waals surface area contributed by atoms with Gasteiger partial charge in [0.05, 0.1) is 29.9 Å². The molecule has 3 aromatic carbocycles. The van der Waals surface area contributed by atoms with Gasteiger partial charge < -0.3 is 14.8 Å². The molecule has 1 amide bonds. The highest BCUT2D eigenvalue weighted by molar-refractivity contribution is 9.10. The molecular weight excluding hydrogens is 671 g/mol. The van der Waals surface area contributed by atoms with Gasteiger partial charge in [0.1, 0.15) is 16.7 Å². The van der Waals surface area contributed by atoms with Gasteiger partial charge in [0.25, 0.3) is 11.5 Å². The number of carbonyl (C=O) groups is 1. The second-order valence-corrected chi connectivity index (χ2v) is 11.7. The molecule has 12 heteroatoms. The second-order valence-electron chi connectivity index (χ2n) is 9.65. The minimum absolute atomic E-state index is 0.0299. The van der Waals surface area contributed by atoms with Gasteiger partial charge in [-0.05, 0) is 52.3 Å². The van der Waals surface area contributed by atoms with E-state index in [0.29, 0.717) is 26.8 Å². The summed E-state index contributed by atoms with van der Waals surface area (Å²) >= 11 is 13.4. The van der Waals surface area contributed by atoms with Crippen molar-refractivity contribution in [3.63, 3.8) is 0 Å². The van der Waals surface area contributed by atoms with Crippen LogP contribution in [0, 0.1) is 5.82 Å². The second kappa shape index (κ2) is 12.1. The van der Waals surface area contributed by atoms with Crippen LogP contribution in [-0.4, -0.2) is 35.5 Å². The molecule has 208 valence electrons. The summed E-state index contributed by atoms with van der Waals surface area (Å²) < 4.78 is 27.3. The number of rotatable bonds is 7. The SMILES string of the molecule is COc1cc(C=Nn2c(C(C)(C)C)nc3ccc(Br)cc3c2=O)c(Br)c(Cl)c1OCC(=O)Nc1ccccc1F. The molecule has 0 spiro atoms. The van der Waals surface area contributed by atoms with Crippen LogP contribution in [0.15, 0.2) is 67.4 Å².